The van der Waals surface area contributed by atoms with E-state index in [0.29, 0.717) is 16.6 Å². The lowest BCUT2D eigenvalue weighted by molar-refractivity contribution is 0.221. The average Bonchev–Trinajstić information content (AvgIpc) is 2.56. The van der Waals surface area contributed by atoms with Crippen molar-refractivity contribution < 1.29 is 5.11 Å². The van der Waals surface area contributed by atoms with Crippen molar-refractivity contribution in [3.8, 4) is 0 Å². The van der Waals surface area contributed by atoms with Crippen molar-refractivity contribution in [1.29, 1.82) is 0 Å². The minimum Gasteiger partial charge on any atom is -0.387 e. The second-order valence-corrected chi connectivity index (χ2v) is 6.10. The van der Waals surface area contributed by atoms with E-state index in [-0.39, 0.29) is 0 Å². The summed E-state index contributed by atoms with van der Waals surface area (Å²) in [5.74, 6) is 0.607. The van der Waals surface area contributed by atoms with Crippen molar-refractivity contribution in [2.45, 2.75) is 24.9 Å². The van der Waals surface area contributed by atoms with Gasteiger partial charge in [0.25, 0.3) is 0 Å². The van der Waals surface area contributed by atoms with Crippen molar-refractivity contribution in [2.75, 3.05) is 18.0 Å². The molecule has 0 bridgehead atoms. The van der Waals surface area contributed by atoms with E-state index in [1.165, 1.54) is 5.56 Å². The van der Waals surface area contributed by atoms with Crippen LogP contribution in [0.25, 0.3) is 0 Å². The molecule has 1 saturated heterocycles. The van der Waals surface area contributed by atoms with Crippen LogP contribution in [-0.4, -0.2) is 23.2 Å². The predicted octanol–water partition coefficient (Wildman–Crippen LogP) is 3.99. The van der Waals surface area contributed by atoms with Gasteiger partial charge in [0.15, 0.2) is 0 Å². The zero-order chi connectivity index (χ0) is 15.5. The Kier molecular flexibility index (Phi) is 4.65. The van der Waals surface area contributed by atoms with Crippen LogP contribution in [0.5, 0.6) is 0 Å². The molecule has 0 spiro atoms. The Morgan fingerprint density at radius 2 is 1.86 bits per heavy atom. The van der Waals surface area contributed by atoms with E-state index in [0.717, 1.165) is 31.6 Å². The van der Waals surface area contributed by atoms with Gasteiger partial charge in [-0.05, 0) is 37.3 Å². The molecule has 3 nitrogen and oxygen atoms in total. The van der Waals surface area contributed by atoms with Crippen LogP contribution in [0.2, 0.25) is 5.02 Å². The minimum absolute atomic E-state index is 0.448. The van der Waals surface area contributed by atoms with E-state index in [1.807, 2.05) is 6.07 Å². The van der Waals surface area contributed by atoms with Crippen LogP contribution in [0.15, 0.2) is 42.6 Å². The highest BCUT2D eigenvalue weighted by molar-refractivity contribution is 6.33. The second kappa shape index (κ2) is 6.67. The third-order valence-corrected chi connectivity index (χ3v) is 4.71. The third kappa shape index (κ3) is 3.11. The zero-order valence-electron chi connectivity index (χ0n) is 12.5. The first-order valence-electron chi connectivity index (χ1n) is 7.62. The number of nitrogens with zero attached hydrogens (tertiary/aromatic N) is 2. The van der Waals surface area contributed by atoms with Crippen LogP contribution in [0, 0.1) is 6.92 Å². The summed E-state index contributed by atoms with van der Waals surface area (Å²) in [6.07, 6.45) is 3.00. The summed E-state index contributed by atoms with van der Waals surface area (Å²) in [5, 5.41) is 10.2. The number of hydrogen-bond acceptors (Lipinski definition) is 3. The van der Waals surface area contributed by atoms with Crippen molar-refractivity contribution in [3.63, 3.8) is 0 Å². The fourth-order valence-electron chi connectivity index (χ4n) is 3.10. The maximum atomic E-state index is 9.64. The van der Waals surface area contributed by atoms with Crippen LogP contribution in [0.3, 0.4) is 0 Å². The molecule has 3 rings (SSSR count). The lowest BCUT2D eigenvalue weighted by Crippen LogP contribution is -2.33. The second-order valence-electron chi connectivity index (χ2n) is 5.72. The van der Waals surface area contributed by atoms with Crippen LogP contribution >= 0.6 is 11.6 Å². The molecule has 1 aliphatic rings. The van der Waals surface area contributed by atoms with Gasteiger partial charge in [-0.1, -0.05) is 41.9 Å². The molecule has 1 aromatic heterocycles. The number of aliphatic hydroxyl groups excluding tert-OH is 1. The lowest BCUT2D eigenvalue weighted by Gasteiger charge is -2.34. The van der Waals surface area contributed by atoms with E-state index in [1.54, 1.807) is 6.20 Å². The van der Waals surface area contributed by atoms with E-state index >= 15 is 0 Å². The minimum atomic E-state index is -0.894. The molecule has 1 atom stereocenters. The summed E-state index contributed by atoms with van der Waals surface area (Å²) in [4.78, 5) is 6.40. The fourth-order valence-corrected chi connectivity index (χ4v) is 3.46. The smallest absolute Gasteiger partial charge is 0.0976 e. The molecule has 1 radical (unpaired) electrons. The van der Waals surface area contributed by atoms with E-state index in [2.05, 4.69) is 47.1 Å². The first kappa shape index (κ1) is 15.3. The molecular formula is C18H20ClN2O. The Bertz CT molecular complexity index is 622. The molecule has 0 amide bonds. The van der Waals surface area contributed by atoms with E-state index in [4.69, 9.17) is 11.6 Å². The number of halogens is 1. The SMILES string of the molecule is [CH2]C(O)c1nccc(N2CCC(c3ccccc3)CC2)c1Cl. The number of aromatic nitrogens is 1. The van der Waals surface area contributed by atoms with E-state index < -0.39 is 6.10 Å². The van der Waals surface area contributed by atoms with Gasteiger partial charge >= 0.3 is 0 Å². The Labute approximate surface area is 136 Å². The Balaban J connectivity index is 1.73. The highest BCUT2D eigenvalue weighted by Crippen LogP contribution is 2.35. The Morgan fingerprint density at radius 3 is 2.50 bits per heavy atom. The Morgan fingerprint density at radius 1 is 1.18 bits per heavy atom. The number of aliphatic hydroxyl groups is 1. The third-order valence-electron chi connectivity index (χ3n) is 4.32. The van der Waals surface area contributed by atoms with Crippen molar-refractivity contribution >= 4 is 17.3 Å². The standard InChI is InChI=1S/C18H20ClN2O/c1-13(22)18-17(19)16(7-10-20-18)21-11-8-15(9-12-21)14-5-3-2-4-6-14/h2-7,10,13,15,22H,1,8-9,11-12H2. The highest BCUT2D eigenvalue weighted by atomic mass is 35.5. The van der Waals surface area contributed by atoms with Gasteiger partial charge in [0.05, 0.1) is 22.5 Å². The number of rotatable bonds is 3. The molecule has 2 heterocycles. The largest absolute Gasteiger partial charge is 0.387 e. The van der Waals surface area contributed by atoms with Gasteiger partial charge in [-0.15, -0.1) is 0 Å². The molecule has 1 N–H and O–H groups in total. The molecule has 22 heavy (non-hydrogen) atoms. The maximum Gasteiger partial charge on any atom is 0.0976 e. The topological polar surface area (TPSA) is 36.4 Å². The number of pyridine rings is 1. The van der Waals surface area contributed by atoms with Gasteiger partial charge in [0.2, 0.25) is 0 Å². The number of hydrogen-bond donors (Lipinski definition) is 1. The first-order valence-corrected chi connectivity index (χ1v) is 8.00. The highest BCUT2D eigenvalue weighted by Gasteiger charge is 2.23. The molecule has 115 valence electrons. The molecule has 0 aliphatic carbocycles. The summed E-state index contributed by atoms with van der Waals surface area (Å²) in [6.45, 7) is 5.51. The van der Waals surface area contributed by atoms with Gasteiger partial charge in [-0.25, -0.2) is 0 Å². The van der Waals surface area contributed by atoms with E-state index in [9.17, 15) is 5.11 Å². The zero-order valence-corrected chi connectivity index (χ0v) is 13.2. The van der Waals surface area contributed by atoms with Crippen molar-refractivity contribution in [3.05, 3.63) is 65.8 Å². The van der Waals surface area contributed by atoms with Gasteiger partial charge in [-0.3, -0.25) is 4.98 Å². The number of piperidine rings is 1. The Hall–Kier alpha value is -1.58. The van der Waals surface area contributed by atoms with Crippen molar-refractivity contribution in [1.82, 2.24) is 4.98 Å². The van der Waals surface area contributed by atoms with Crippen LogP contribution < -0.4 is 4.90 Å². The molecule has 2 aromatic rings. The molecular weight excluding hydrogens is 296 g/mol. The molecule has 1 aromatic carbocycles. The molecule has 1 fully saturated rings. The summed E-state index contributed by atoms with van der Waals surface area (Å²) >= 11 is 6.39. The molecule has 1 unspecified atom stereocenters. The average molecular weight is 316 g/mol. The predicted molar refractivity (Wildman–Crippen MR) is 90.2 cm³/mol. The van der Waals surface area contributed by atoms with Crippen LogP contribution in [-0.2, 0) is 0 Å². The van der Waals surface area contributed by atoms with Crippen molar-refractivity contribution in [2.24, 2.45) is 0 Å². The maximum absolute atomic E-state index is 9.64. The molecule has 0 saturated carbocycles. The monoisotopic (exact) mass is 315 g/mol. The van der Waals surface area contributed by atoms with Crippen LogP contribution in [0.1, 0.15) is 36.1 Å². The summed E-state index contributed by atoms with van der Waals surface area (Å²) in [5.41, 5.74) is 2.81. The first-order chi connectivity index (χ1) is 10.7. The fraction of sp³-hybridized carbons (Fsp3) is 0.333. The number of anilines is 1. The molecule has 1 aliphatic heterocycles. The molecule has 4 heteroatoms. The van der Waals surface area contributed by atoms with Gasteiger partial charge in [-0.2, -0.15) is 0 Å². The summed E-state index contributed by atoms with van der Waals surface area (Å²) in [6, 6.07) is 12.6. The van der Waals surface area contributed by atoms with Gasteiger partial charge in [0.1, 0.15) is 0 Å². The number of benzene rings is 1. The van der Waals surface area contributed by atoms with Gasteiger partial charge in [0, 0.05) is 19.3 Å². The normalized spacial score (nSPS) is 17.5. The summed E-state index contributed by atoms with van der Waals surface area (Å²) < 4.78 is 0. The quantitative estimate of drug-likeness (QED) is 0.930. The van der Waals surface area contributed by atoms with Gasteiger partial charge < -0.3 is 10.0 Å². The summed E-state index contributed by atoms with van der Waals surface area (Å²) in [7, 11) is 0. The lowest BCUT2D eigenvalue weighted by atomic mass is 9.89. The van der Waals surface area contributed by atoms with Crippen LogP contribution in [0.4, 0.5) is 5.69 Å².